The minimum atomic E-state index is -0.151. The van der Waals surface area contributed by atoms with Crippen molar-refractivity contribution in [2.45, 2.75) is 24.9 Å². The van der Waals surface area contributed by atoms with Crippen molar-refractivity contribution in [3.63, 3.8) is 0 Å². The van der Waals surface area contributed by atoms with Gasteiger partial charge in [0.15, 0.2) is 0 Å². The SMILES string of the molecule is O=C(C1COc2ccccc21)N1CCC(OCCCl)CC1. The summed E-state index contributed by atoms with van der Waals surface area (Å²) in [6.07, 6.45) is 2.01. The molecule has 1 amide bonds. The number of para-hydroxylation sites is 1. The molecule has 0 bridgehead atoms. The molecule has 4 nitrogen and oxygen atoms in total. The van der Waals surface area contributed by atoms with Gasteiger partial charge in [0.2, 0.25) is 5.91 Å². The first-order chi connectivity index (χ1) is 10.3. The number of alkyl halides is 1. The van der Waals surface area contributed by atoms with Crippen molar-refractivity contribution in [1.29, 1.82) is 0 Å². The van der Waals surface area contributed by atoms with Gasteiger partial charge in [0.05, 0.1) is 12.7 Å². The number of ether oxygens (including phenoxy) is 2. The Balaban J connectivity index is 1.58. The van der Waals surface area contributed by atoms with Gasteiger partial charge in [-0.05, 0) is 18.9 Å². The van der Waals surface area contributed by atoms with Crippen LogP contribution in [-0.2, 0) is 9.53 Å². The van der Waals surface area contributed by atoms with E-state index in [4.69, 9.17) is 21.1 Å². The van der Waals surface area contributed by atoms with Crippen LogP contribution in [0.1, 0.15) is 24.3 Å². The van der Waals surface area contributed by atoms with E-state index in [1.165, 1.54) is 0 Å². The summed E-state index contributed by atoms with van der Waals surface area (Å²) in [5.41, 5.74) is 1.02. The topological polar surface area (TPSA) is 38.8 Å². The Hall–Kier alpha value is -1.26. The van der Waals surface area contributed by atoms with Gasteiger partial charge in [-0.15, -0.1) is 11.6 Å². The fourth-order valence-corrected chi connectivity index (χ4v) is 3.13. The van der Waals surface area contributed by atoms with Crippen LogP contribution in [0.5, 0.6) is 5.75 Å². The third-order valence-electron chi connectivity index (χ3n) is 4.18. The van der Waals surface area contributed by atoms with Gasteiger partial charge in [-0.25, -0.2) is 0 Å². The van der Waals surface area contributed by atoms with Gasteiger partial charge < -0.3 is 14.4 Å². The number of halogens is 1. The minimum absolute atomic E-state index is 0.151. The zero-order chi connectivity index (χ0) is 14.7. The molecule has 3 rings (SSSR count). The van der Waals surface area contributed by atoms with Gasteiger partial charge in [-0.3, -0.25) is 4.79 Å². The smallest absolute Gasteiger partial charge is 0.233 e. The summed E-state index contributed by atoms with van der Waals surface area (Å²) >= 11 is 5.63. The lowest BCUT2D eigenvalue weighted by atomic mass is 9.98. The highest BCUT2D eigenvalue weighted by molar-refractivity contribution is 6.17. The highest BCUT2D eigenvalue weighted by Gasteiger charge is 2.34. The Morgan fingerprint density at radius 3 is 2.86 bits per heavy atom. The zero-order valence-corrected chi connectivity index (χ0v) is 12.7. The number of carbonyl (C=O) groups is 1. The third kappa shape index (κ3) is 3.16. The molecule has 114 valence electrons. The molecule has 0 radical (unpaired) electrons. The second kappa shape index (κ2) is 6.67. The first-order valence-electron chi connectivity index (χ1n) is 7.47. The number of fused-ring (bicyclic) bond motifs is 1. The van der Waals surface area contributed by atoms with E-state index in [-0.39, 0.29) is 17.9 Å². The summed E-state index contributed by atoms with van der Waals surface area (Å²) in [5, 5.41) is 0. The van der Waals surface area contributed by atoms with E-state index < -0.39 is 0 Å². The van der Waals surface area contributed by atoms with Gasteiger partial charge in [0.1, 0.15) is 18.3 Å². The molecule has 1 aromatic carbocycles. The minimum Gasteiger partial charge on any atom is -0.492 e. The molecule has 2 aliphatic heterocycles. The Labute approximate surface area is 130 Å². The fourth-order valence-electron chi connectivity index (χ4n) is 3.04. The first-order valence-corrected chi connectivity index (χ1v) is 8.01. The Morgan fingerprint density at radius 1 is 1.33 bits per heavy atom. The second-order valence-corrected chi connectivity index (χ2v) is 5.86. The van der Waals surface area contributed by atoms with Crippen molar-refractivity contribution in [1.82, 2.24) is 4.90 Å². The van der Waals surface area contributed by atoms with Crippen LogP contribution >= 0.6 is 11.6 Å². The number of rotatable bonds is 4. The fraction of sp³-hybridized carbons (Fsp3) is 0.562. The van der Waals surface area contributed by atoms with Crippen LogP contribution < -0.4 is 4.74 Å². The molecule has 0 spiro atoms. The maximum atomic E-state index is 12.7. The molecule has 0 N–H and O–H groups in total. The highest BCUT2D eigenvalue weighted by atomic mass is 35.5. The summed E-state index contributed by atoms with van der Waals surface area (Å²) in [6, 6.07) is 7.81. The lowest BCUT2D eigenvalue weighted by molar-refractivity contribution is -0.135. The van der Waals surface area contributed by atoms with Crippen molar-refractivity contribution in [3.8, 4) is 5.75 Å². The molecule has 0 aliphatic carbocycles. The molecule has 1 saturated heterocycles. The predicted octanol–water partition coefficient (Wildman–Crippen LogP) is 2.41. The molecule has 1 aromatic rings. The standard InChI is InChI=1S/C16H20ClNO3/c17-7-10-20-12-5-8-18(9-6-12)16(19)14-11-21-15-4-2-1-3-13(14)15/h1-4,12,14H,5-11H2. The van der Waals surface area contributed by atoms with Crippen LogP contribution in [0.15, 0.2) is 24.3 Å². The Morgan fingerprint density at radius 2 is 2.10 bits per heavy atom. The lowest BCUT2D eigenvalue weighted by Gasteiger charge is -2.33. The third-order valence-corrected chi connectivity index (χ3v) is 4.34. The number of benzene rings is 1. The van der Waals surface area contributed by atoms with E-state index in [0.717, 1.165) is 37.2 Å². The summed E-state index contributed by atoms with van der Waals surface area (Å²) in [5.74, 6) is 1.39. The Kier molecular flexibility index (Phi) is 4.66. The molecule has 2 aliphatic rings. The monoisotopic (exact) mass is 309 g/mol. The van der Waals surface area contributed by atoms with Crippen molar-refractivity contribution in [3.05, 3.63) is 29.8 Å². The number of hydrogen-bond acceptors (Lipinski definition) is 3. The first kappa shape index (κ1) is 14.7. The summed E-state index contributed by atoms with van der Waals surface area (Å²) in [4.78, 5) is 14.6. The molecule has 1 fully saturated rings. The number of nitrogens with zero attached hydrogens (tertiary/aromatic N) is 1. The van der Waals surface area contributed by atoms with E-state index in [1.807, 2.05) is 29.2 Å². The van der Waals surface area contributed by atoms with Gasteiger partial charge >= 0.3 is 0 Å². The van der Waals surface area contributed by atoms with Gasteiger partial charge in [-0.2, -0.15) is 0 Å². The number of amides is 1. The molecule has 5 heteroatoms. The van der Waals surface area contributed by atoms with E-state index in [2.05, 4.69) is 0 Å². The van der Waals surface area contributed by atoms with Crippen molar-refractivity contribution >= 4 is 17.5 Å². The average molecular weight is 310 g/mol. The predicted molar refractivity (Wildman–Crippen MR) is 81.0 cm³/mol. The van der Waals surface area contributed by atoms with Gasteiger partial charge in [-0.1, -0.05) is 18.2 Å². The zero-order valence-electron chi connectivity index (χ0n) is 12.0. The summed E-state index contributed by atoms with van der Waals surface area (Å²) < 4.78 is 11.3. The van der Waals surface area contributed by atoms with Crippen LogP contribution in [-0.4, -0.2) is 49.1 Å². The summed E-state index contributed by atoms with van der Waals surface area (Å²) in [6.45, 7) is 2.56. The molecule has 1 atom stereocenters. The van der Waals surface area contributed by atoms with Crippen LogP contribution in [0.4, 0.5) is 0 Å². The van der Waals surface area contributed by atoms with E-state index >= 15 is 0 Å². The maximum absolute atomic E-state index is 12.7. The van der Waals surface area contributed by atoms with E-state index in [1.54, 1.807) is 0 Å². The molecule has 21 heavy (non-hydrogen) atoms. The molecule has 0 aromatic heterocycles. The van der Waals surface area contributed by atoms with Gasteiger partial charge in [0.25, 0.3) is 0 Å². The molecule has 1 unspecified atom stereocenters. The van der Waals surface area contributed by atoms with E-state index in [0.29, 0.717) is 19.1 Å². The Bertz CT molecular complexity index is 500. The number of hydrogen-bond donors (Lipinski definition) is 0. The van der Waals surface area contributed by atoms with Crippen molar-refractivity contribution in [2.24, 2.45) is 0 Å². The highest BCUT2D eigenvalue weighted by Crippen LogP contribution is 2.35. The van der Waals surface area contributed by atoms with Crippen molar-refractivity contribution in [2.75, 3.05) is 32.2 Å². The van der Waals surface area contributed by atoms with Crippen LogP contribution in [0.3, 0.4) is 0 Å². The molecular weight excluding hydrogens is 290 g/mol. The number of carbonyl (C=O) groups excluding carboxylic acids is 1. The quantitative estimate of drug-likeness (QED) is 0.802. The molecule has 0 saturated carbocycles. The molecular formula is C16H20ClNO3. The van der Waals surface area contributed by atoms with Crippen molar-refractivity contribution < 1.29 is 14.3 Å². The normalized spacial score (nSPS) is 22.0. The number of piperidine rings is 1. The summed E-state index contributed by atoms with van der Waals surface area (Å²) in [7, 11) is 0. The maximum Gasteiger partial charge on any atom is 0.233 e. The second-order valence-electron chi connectivity index (χ2n) is 5.49. The lowest BCUT2D eigenvalue weighted by Crippen LogP contribution is -2.43. The van der Waals surface area contributed by atoms with Crippen LogP contribution in [0.2, 0.25) is 0 Å². The van der Waals surface area contributed by atoms with Crippen LogP contribution in [0, 0.1) is 0 Å². The molecule has 2 heterocycles. The number of likely N-dealkylation sites (tertiary alicyclic amines) is 1. The largest absolute Gasteiger partial charge is 0.492 e. The van der Waals surface area contributed by atoms with Gasteiger partial charge in [0, 0.05) is 24.5 Å². The van der Waals surface area contributed by atoms with E-state index in [9.17, 15) is 4.79 Å². The average Bonchev–Trinajstić information content (AvgIpc) is 2.97. The van der Waals surface area contributed by atoms with Crippen LogP contribution in [0.25, 0.3) is 0 Å².